The number of unbranched alkanes of at least 4 members (excludes halogenated alkanes) is 3. The fraction of sp³-hybridized carbons (Fsp3) is 0.480. The average molecular weight is 427 g/mol. The first kappa shape index (κ1) is 22.9. The number of carbonyl (C=O) groups excluding carboxylic acids is 1. The van der Waals surface area contributed by atoms with Crippen LogP contribution in [0.4, 0.5) is 11.4 Å². The predicted octanol–water partition coefficient (Wildman–Crippen LogP) is 5.25. The first-order chi connectivity index (χ1) is 15.2. The van der Waals surface area contributed by atoms with Crippen LogP contribution in [0.25, 0.3) is 0 Å². The fourth-order valence-corrected chi connectivity index (χ4v) is 3.37. The van der Waals surface area contributed by atoms with E-state index in [0.29, 0.717) is 6.61 Å². The number of anilines is 2. The zero-order valence-electron chi connectivity index (χ0n) is 18.4. The first-order valence-corrected chi connectivity index (χ1v) is 11.3. The van der Waals surface area contributed by atoms with E-state index in [1.54, 1.807) is 0 Å². The van der Waals surface area contributed by atoms with E-state index in [-0.39, 0.29) is 18.6 Å². The summed E-state index contributed by atoms with van der Waals surface area (Å²) in [4.78, 5) is 12.2. The highest BCUT2D eigenvalue weighted by molar-refractivity contribution is 5.93. The maximum absolute atomic E-state index is 12.2. The highest BCUT2D eigenvalue weighted by Gasteiger charge is 2.15. The van der Waals surface area contributed by atoms with Crippen LogP contribution in [0.15, 0.2) is 48.5 Å². The highest BCUT2D eigenvalue weighted by Crippen LogP contribution is 2.19. The lowest BCUT2D eigenvalue weighted by Crippen LogP contribution is -2.21. The molecule has 1 heterocycles. The van der Waals surface area contributed by atoms with Crippen LogP contribution < -0.4 is 20.1 Å². The lowest BCUT2D eigenvalue weighted by Gasteiger charge is -2.12. The number of hydrogen-bond acceptors (Lipinski definition) is 5. The Morgan fingerprint density at radius 2 is 1.68 bits per heavy atom. The van der Waals surface area contributed by atoms with Crippen molar-refractivity contribution in [2.75, 3.05) is 37.0 Å². The molecule has 2 aromatic rings. The Labute approximate surface area is 185 Å². The number of ether oxygens (including phenoxy) is 3. The standard InChI is InChI=1S/C25H34N2O4/c1-2-3-4-5-16-29-22-14-10-21(11-15-22)27-25(28)18-26-20-8-12-23(13-9-20)31-19-24-7-6-17-30-24/h8-15,24,26H,2-7,16-19H2,1H3,(H,27,28). The molecular formula is C25H34N2O4. The largest absolute Gasteiger partial charge is 0.494 e. The third-order valence-electron chi connectivity index (χ3n) is 5.17. The number of amides is 1. The van der Waals surface area contributed by atoms with Gasteiger partial charge in [0.05, 0.1) is 19.3 Å². The van der Waals surface area contributed by atoms with Crippen molar-refractivity contribution in [3.05, 3.63) is 48.5 Å². The molecule has 0 radical (unpaired) electrons. The molecule has 2 N–H and O–H groups in total. The van der Waals surface area contributed by atoms with Gasteiger partial charge in [0.1, 0.15) is 18.1 Å². The van der Waals surface area contributed by atoms with Crippen molar-refractivity contribution in [3.8, 4) is 11.5 Å². The fourth-order valence-electron chi connectivity index (χ4n) is 3.37. The second-order valence-electron chi connectivity index (χ2n) is 7.81. The van der Waals surface area contributed by atoms with Gasteiger partial charge < -0.3 is 24.8 Å². The zero-order chi connectivity index (χ0) is 21.7. The van der Waals surface area contributed by atoms with Gasteiger partial charge in [0, 0.05) is 18.0 Å². The summed E-state index contributed by atoms with van der Waals surface area (Å²) in [5.74, 6) is 1.53. The molecule has 31 heavy (non-hydrogen) atoms. The Balaban J connectivity index is 1.33. The van der Waals surface area contributed by atoms with Gasteiger partial charge in [-0.25, -0.2) is 0 Å². The Morgan fingerprint density at radius 3 is 2.35 bits per heavy atom. The van der Waals surface area contributed by atoms with Gasteiger partial charge in [0.2, 0.25) is 5.91 Å². The summed E-state index contributed by atoms with van der Waals surface area (Å²) in [7, 11) is 0. The van der Waals surface area contributed by atoms with Crippen molar-refractivity contribution in [1.29, 1.82) is 0 Å². The van der Waals surface area contributed by atoms with Gasteiger partial charge in [-0.15, -0.1) is 0 Å². The molecule has 1 amide bonds. The SMILES string of the molecule is CCCCCCOc1ccc(NC(=O)CNc2ccc(OCC3CCCO3)cc2)cc1. The molecule has 0 saturated carbocycles. The molecule has 1 unspecified atom stereocenters. The van der Waals surface area contributed by atoms with Crippen LogP contribution in [-0.4, -0.2) is 38.4 Å². The van der Waals surface area contributed by atoms with Crippen molar-refractivity contribution in [3.63, 3.8) is 0 Å². The van der Waals surface area contributed by atoms with Gasteiger partial charge in [-0.2, -0.15) is 0 Å². The maximum Gasteiger partial charge on any atom is 0.243 e. The molecular weight excluding hydrogens is 392 g/mol. The molecule has 3 rings (SSSR count). The van der Waals surface area contributed by atoms with Gasteiger partial charge in [-0.1, -0.05) is 26.2 Å². The van der Waals surface area contributed by atoms with Crippen molar-refractivity contribution in [2.45, 2.75) is 51.6 Å². The number of carbonyl (C=O) groups is 1. The summed E-state index contributed by atoms with van der Waals surface area (Å²) in [5, 5.41) is 6.02. The minimum Gasteiger partial charge on any atom is -0.494 e. The molecule has 2 aromatic carbocycles. The second kappa shape index (κ2) is 12.8. The summed E-state index contributed by atoms with van der Waals surface area (Å²) < 4.78 is 17.0. The molecule has 168 valence electrons. The van der Waals surface area contributed by atoms with E-state index in [2.05, 4.69) is 17.6 Å². The molecule has 0 spiro atoms. The molecule has 0 bridgehead atoms. The van der Waals surface area contributed by atoms with Crippen LogP contribution in [0.5, 0.6) is 11.5 Å². The van der Waals surface area contributed by atoms with Crippen LogP contribution in [-0.2, 0) is 9.53 Å². The molecule has 1 aliphatic heterocycles. The van der Waals surface area contributed by atoms with Crippen LogP contribution in [0, 0.1) is 0 Å². The smallest absolute Gasteiger partial charge is 0.243 e. The summed E-state index contributed by atoms with van der Waals surface area (Å²) in [6, 6.07) is 15.1. The van der Waals surface area contributed by atoms with Crippen LogP contribution in [0.2, 0.25) is 0 Å². The molecule has 6 nitrogen and oxygen atoms in total. The van der Waals surface area contributed by atoms with Crippen molar-refractivity contribution in [2.24, 2.45) is 0 Å². The summed E-state index contributed by atoms with van der Waals surface area (Å²) in [6.07, 6.45) is 7.10. The lowest BCUT2D eigenvalue weighted by atomic mass is 10.2. The van der Waals surface area contributed by atoms with Gasteiger partial charge in [-0.05, 0) is 67.8 Å². The molecule has 0 aliphatic carbocycles. The Bertz CT molecular complexity index is 771. The number of hydrogen-bond donors (Lipinski definition) is 2. The van der Waals surface area contributed by atoms with Gasteiger partial charge >= 0.3 is 0 Å². The van der Waals surface area contributed by atoms with E-state index in [1.165, 1.54) is 19.3 Å². The monoisotopic (exact) mass is 426 g/mol. The number of benzene rings is 2. The average Bonchev–Trinajstić information content (AvgIpc) is 3.32. The van der Waals surface area contributed by atoms with E-state index in [9.17, 15) is 4.79 Å². The van der Waals surface area contributed by atoms with E-state index < -0.39 is 0 Å². The minimum absolute atomic E-state index is 0.105. The zero-order valence-corrected chi connectivity index (χ0v) is 18.4. The first-order valence-electron chi connectivity index (χ1n) is 11.3. The van der Waals surface area contributed by atoms with Crippen LogP contribution >= 0.6 is 0 Å². The molecule has 1 saturated heterocycles. The second-order valence-corrected chi connectivity index (χ2v) is 7.81. The van der Waals surface area contributed by atoms with Crippen molar-refractivity contribution < 1.29 is 19.0 Å². The topological polar surface area (TPSA) is 68.8 Å². The third-order valence-corrected chi connectivity index (χ3v) is 5.17. The summed E-state index contributed by atoms with van der Waals surface area (Å²) >= 11 is 0. The van der Waals surface area contributed by atoms with Crippen LogP contribution in [0.3, 0.4) is 0 Å². The number of nitrogens with one attached hydrogen (secondary N) is 2. The molecule has 1 fully saturated rings. The molecule has 6 heteroatoms. The van der Waals surface area contributed by atoms with E-state index in [0.717, 1.165) is 55.4 Å². The third kappa shape index (κ3) is 8.50. The summed E-state index contributed by atoms with van der Waals surface area (Å²) in [5.41, 5.74) is 1.62. The van der Waals surface area contributed by atoms with Gasteiger partial charge in [0.25, 0.3) is 0 Å². The van der Waals surface area contributed by atoms with Gasteiger partial charge in [-0.3, -0.25) is 4.79 Å². The predicted molar refractivity (Wildman–Crippen MR) is 124 cm³/mol. The minimum atomic E-state index is -0.105. The van der Waals surface area contributed by atoms with Crippen molar-refractivity contribution >= 4 is 17.3 Å². The highest BCUT2D eigenvalue weighted by atomic mass is 16.5. The molecule has 1 aliphatic rings. The normalized spacial score (nSPS) is 15.5. The lowest BCUT2D eigenvalue weighted by molar-refractivity contribution is -0.114. The number of rotatable bonds is 13. The van der Waals surface area contributed by atoms with E-state index in [1.807, 2.05) is 48.5 Å². The van der Waals surface area contributed by atoms with Crippen molar-refractivity contribution in [1.82, 2.24) is 0 Å². The van der Waals surface area contributed by atoms with E-state index >= 15 is 0 Å². The summed E-state index contributed by atoms with van der Waals surface area (Å²) in [6.45, 7) is 4.52. The maximum atomic E-state index is 12.2. The Kier molecular flexibility index (Phi) is 9.51. The van der Waals surface area contributed by atoms with E-state index in [4.69, 9.17) is 14.2 Å². The van der Waals surface area contributed by atoms with Gasteiger partial charge in [0.15, 0.2) is 0 Å². The molecule has 1 atom stereocenters. The Hall–Kier alpha value is -2.73. The molecule has 0 aromatic heterocycles. The quantitative estimate of drug-likeness (QED) is 0.428. The van der Waals surface area contributed by atoms with Crippen LogP contribution in [0.1, 0.15) is 45.4 Å². The Morgan fingerprint density at radius 1 is 0.968 bits per heavy atom.